The topological polar surface area (TPSA) is 140 Å². The molecule has 0 radical (unpaired) electrons. The van der Waals surface area contributed by atoms with Gasteiger partial charge in [0.15, 0.2) is 5.82 Å². The molecule has 0 saturated carbocycles. The van der Waals surface area contributed by atoms with E-state index >= 15 is 0 Å². The van der Waals surface area contributed by atoms with Crippen LogP contribution in [0.4, 0.5) is 5.95 Å². The van der Waals surface area contributed by atoms with Crippen molar-refractivity contribution in [2.45, 2.75) is 5.16 Å². The molecule has 3 aromatic rings. The standard InChI is InChI=1S/C13H11N7OS/c14-5-7(10(21)6-22-13-18-12(15)19-20-13)11-16-8-3-1-2-4-9(8)17-11/h1-4,21H,6H2,(H,16,17)(H3,15,18,19,20)/b10-7-. The summed E-state index contributed by atoms with van der Waals surface area (Å²) in [4.78, 5) is 11.2. The number of benzene rings is 1. The number of H-pyrrole nitrogens is 2. The number of fused-ring (bicyclic) bond motifs is 1. The highest BCUT2D eigenvalue weighted by atomic mass is 32.2. The lowest BCUT2D eigenvalue weighted by atomic mass is 10.2. The average Bonchev–Trinajstić information content (AvgIpc) is 3.11. The fourth-order valence-corrected chi connectivity index (χ4v) is 2.54. The van der Waals surface area contributed by atoms with Crippen LogP contribution in [-0.2, 0) is 0 Å². The minimum absolute atomic E-state index is 0.0900. The van der Waals surface area contributed by atoms with Gasteiger partial charge in [-0.2, -0.15) is 10.2 Å². The number of nitrogens with one attached hydrogen (secondary N) is 2. The van der Waals surface area contributed by atoms with Gasteiger partial charge >= 0.3 is 0 Å². The van der Waals surface area contributed by atoms with Gasteiger partial charge in [0.1, 0.15) is 17.4 Å². The van der Waals surface area contributed by atoms with E-state index in [2.05, 4.69) is 25.1 Å². The number of imidazole rings is 1. The van der Waals surface area contributed by atoms with Crippen LogP contribution in [0.5, 0.6) is 0 Å². The summed E-state index contributed by atoms with van der Waals surface area (Å²) >= 11 is 1.16. The first kappa shape index (κ1) is 14.0. The van der Waals surface area contributed by atoms with Gasteiger partial charge in [-0.1, -0.05) is 23.9 Å². The first-order chi connectivity index (χ1) is 10.7. The van der Waals surface area contributed by atoms with Crippen LogP contribution in [0.1, 0.15) is 5.82 Å². The largest absolute Gasteiger partial charge is 0.510 e. The molecule has 0 unspecified atom stereocenters. The predicted molar refractivity (Wildman–Crippen MR) is 82.8 cm³/mol. The Morgan fingerprint density at radius 2 is 2.18 bits per heavy atom. The molecule has 0 aliphatic rings. The number of nitrogens with two attached hydrogens (primary N) is 1. The highest BCUT2D eigenvalue weighted by molar-refractivity contribution is 7.99. The van der Waals surface area contributed by atoms with E-state index in [1.165, 1.54) is 0 Å². The van der Waals surface area contributed by atoms with Crippen molar-refractivity contribution in [2.75, 3.05) is 11.5 Å². The molecule has 2 aromatic heterocycles. The van der Waals surface area contributed by atoms with E-state index in [1.807, 2.05) is 30.3 Å². The molecule has 110 valence electrons. The molecule has 0 amide bonds. The minimum atomic E-state index is -0.102. The van der Waals surface area contributed by atoms with Crippen LogP contribution in [-0.4, -0.2) is 36.0 Å². The SMILES string of the molecule is N#C/C(=C(/O)CSc1n[nH]c(N)n1)c1nc2ccccc2[nH]1. The molecule has 1 aromatic carbocycles. The van der Waals surface area contributed by atoms with E-state index in [-0.39, 0.29) is 23.0 Å². The molecule has 3 rings (SSSR count). The lowest BCUT2D eigenvalue weighted by Gasteiger charge is -2.00. The van der Waals surface area contributed by atoms with E-state index in [9.17, 15) is 10.4 Å². The van der Waals surface area contributed by atoms with Crippen molar-refractivity contribution in [2.24, 2.45) is 0 Å². The summed E-state index contributed by atoms with van der Waals surface area (Å²) in [6.45, 7) is 0. The Bertz CT molecular complexity index is 856. The van der Waals surface area contributed by atoms with E-state index in [0.717, 1.165) is 22.8 Å². The van der Waals surface area contributed by atoms with E-state index in [0.29, 0.717) is 11.0 Å². The molecule has 0 bridgehead atoms. The monoisotopic (exact) mass is 313 g/mol. The third-order valence-electron chi connectivity index (χ3n) is 2.85. The van der Waals surface area contributed by atoms with Crippen LogP contribution < -0.4 is 5.73 Å². The van der Waals surface area contributed by atoms with Crippen LogP contribution in [0.3, 0.4) is 0 Å². The molecular weight excluding hydrogens is 302 g/mol. The van der Waals surface area contributed by atoms with Crippen LogP contribution in [0.25, 0.3) is 16.6 Å². The number of nitrogen functional groups attached to an aromatic ring is 1. The normalized spacial score (nSPS) is 12.1. The Kier molecular flexibility index (Phi) is 3.67. The number of aromatic nitrogens is 5. The molecule has 5 N–H and O–H groups in total. The van der Waals surface area contributed by atoms with Gasteiger partial charge in [-0.15, -0.1) is 5.10 Å². The van der Waals surface area contributed by atoms with Crippen molar-refractivity contribution >= 4 is 34.3 Å². The molecule has 0 aliphatic heterocycles. The lowest BCUT2D eigenvalue weighted by molar-refractivity contribution is 0.420. The number of nitrogens with zero attached hydrogens (tertiary/aromatic N) is 4. The van der Waals surface area contributed by atoms with Gasteiger partial charge in [0.2, 0.25) is 11.1 Å². The fraction of sp³-hybridized carbons (Fsp3) is 0.0769. The van der Waals surface area contributed by atoms with Crippen molar-refractivity contribution in [1.29, 1.82) is 5.26 Å². The summed E-state index contributed by atoms with van der Waals surface area (Å²) in [5, 5.41) is 26.2. The Hall–Kier alpha value is -2.99. The molecule has 2 heterocycles. The van der Waals surface area contributed by atoms with E-state index in [1.54, 1.807) is 0 Å². The maximum absolute atomic E-state index is 10.1. The number of thioether (sulfide) groups is 1. The Labute approximate surface area is 129 Å². The first-order valence-corrected chi connectivity index (χ1v) is 7.24. The second-order valence-corrected chi connectivity index (χ2v) is 5.27. The first-order valence-electron chi connectivity index (χ1n) is 6.25. The fourth-order valence-electron chi connectivity index (χ4n) is 1.85. The van der Waals surface area contributed by atoms with Crippen LogP contribution >= 0.6 is 11.8 Å². The second-order valence-electron chi connectivity index (χ2n) is 4.33. The zero-order valence-corrected chi connectivity index (χ0v) is 12.1. The molecule has 0 saturated heterocycles. The van der Waals surface area contributed by atoms with Crippen molar-refractivity contribution in [3.63, 3.8) is 0 Å². The van der Waals surface area contributed by atoms with E-state index < -0.39 is 0 Å². The summed E-state index contributed by atoms with van der Waals surface area (Å²) in [6, 6.07) is 9.36. The number of para-hydroxylation sites is 2. The van der Waals surface area contributed by atoms with Crippen molar-refractivity contribution in [3.05, 3.63) is 35.8 Å². The lowest BCUT2D eigenvalue weighted by Crippen LogP contribution is -1.95. The minimum Gasteiger partial charge on any atom is -0.510 e. The van der Waals surface area contributed by atoms with Crippen molar-refractivity contribution in [3.8, 4) is 6.07 Å². The Morgan fingerprint density at radius 1 is 1.36 bits per heavy atom. The summed E-state index contributed by atoms with van der Waals surface area (Å²) in [5.74, 6) is 0.562. The van der Waals surface area contributed by atoms with Crippen LogP contribution in [0.2, 0.25) is 0 Å². The maximum Gasteiger partial charge on any atom is 0.216 e. The van der Waals surface area contributed by atoms with E-state index in [4.69, 9.17) is 5.73 Å². The molecule has 0 spiro atoms. The predicted octanol–water partition coefficient (Wildman–Crippen LogP) is 1.85. The molecule has 9 heteroatoms. The second kappa shape index (κ2) is 5.79. The number of rotatable bonds is 4. The summed E-state index contributed by atoms with van der Waals surface area (Å²) in [7, 11) is 0. The van der Waals surface area contributed by atoms with Gasteiger partial charge in [0.25, 0.3) is 0 Å². The summed E-state index contributed by atoms with van der Waals surface area (Å²) in [5.41, 5.74) is 7.04. The summed E-state index contributed by atoms with van der Waals surface area (Å²) < 4.78 is 0. The molecule has 8 nitrogen and oxygen atoms in total. The highest BCUT2D eigenvalue weighted by Crippen LogP contribution is 2.22. The number of aromatic amines is 2. The molecule has 0 atom stereocenters. The molecular formula is C13H11N7OS. The number of anilines is 1. The van der Waals surface area contributed by atoms with Gasteiger partial charge in [-0.3, -0.25) is 0 Å². The maximum atomic E-state index is 10.1. The van der Waals surface area contributed by atoms with Crippen LogP contribution in [0, 0.1) is 11.3 Å². The highest BCUT2D eigenvalue weighted by Gasteiger charge is 2.14. The number of hydrogen-bond donors (Lipinski definition) is 4. The molecule has 0 fully saturated rings. The Balaban J connectivity index is 1.86. The smallest absolute Gasteiger partial charge is 0.216 e. The zero-order valence-electron chi connectivity index (χ0n) is 11.2. The number of hydrogen-bond acceptors (Lipinski definition) is 7. The van der Waals surface area contributed by atoms with Gasteiger partial charge < -0.3 is 15.8 Å². The van der Waals surface area contributed by atoms with Crippen molar-refractivity contribution < 1.29 is 5.11 Å². The number of nitriles is 1. The third-order valence-corrected chi connectivity index (χ3v) is 3.71. The third kappa shape index (κ3) is 2.72. The quantitative estimate of drug-likeness (QED) is 0.327. The van der Waals surface area contributed by atoms with Gasteiger partial charge in [0, 0.05) is 0 Å². The van der Waals surface area contributed by atoms with Gasteiger partial charge in [-0.25, -0.2) is 10.1 Å². The van der Waals surface area contributed by atoms with Gasteiger partial charge in [0.05, 0.1) is 16.8 Å². The molecule has 0 aliphatic carbocycles. The number of allylic oxidation sites excluding steroid dienone is 1. The van der Waals surface area contributed by atoms with Crippen LogP contribution in [0.15, 0.2) is 35.2 Å². The zero-order chi connectivity index (χ0) is 15.5. The molecule has 22 heavy (non-hydrogen) atoms. The average molecular weight is 313 g/mol. The number of aliphatic hydroxyl groups is 1. The summed E-state index contributed by atoms with van der Waals surface area (Å²) in [6.07, 6.45) is 0. The number of aliphatic hydroxyl groups excluding tert-OH is 1. The van der Waals surface area contributed by atoms with Gasteiger partial charge in [-0.05, 0) is 12.1 Å². The van der Waals surface area contributed by atoms with Crippen molar-refractivity contribution in [1.82, 2.24) is 25.1 Å². The Morgan fingerprint density at radius 3 is 2.86 bits per heavy atom.